The van der Waals surface area contributed by atoms with E-state index in [1.807, 2.05) is 12.1 Å². The Hall–Kier alpha value is -2.29. The lowest BCUT2D eigenvalue weighted by atomic mass is 9.87. The maximum absolute atomic E-state index is 9.80. The number of nitrogens with zero attached hydrogens (tertiary/aromatic N) is 1. The lowest BCUT2D eigenvalue weighted by molar-refractivity contribution is 0.480. The van der Waals surface area contributed by atoms with Crippen molar-refractivity contribution < 1.29 is 5.11 Å². The second-order valence-corrected chi connectivity index (χ2v) is 6.09. The van der Waals surface area contributed by atoms with E-state index in [2.05, 4.69) is 55.0 Å². The van der Waals surface area contributed by atoms with Gasteiger partial charge in [-0.2, -0.15) is 0 Å². The molecule has 0 fully saturated rings. The van der Waals surface area contributed by atoms with Gasteiger partial charge in [0.1, 0.15) is 17.1 Å². The Morgan fingerprint density at radius 3 is 2.30 bits per heavy atom. The van der Waals surface area contributed by atoms with Crippen molar-refractivity contribution in [3.63, 3.8) is 0 Å². The van der Waals surface area contributed by atoms with Crippen LogP contribution in [0.2, 0.25) is 0 Å². The molecule has 102 valence electrons. The van der Waals surface area contributed by atoms with Crippen molar-refractivity contribution in [2.24, 2.45) is 0 Å². The van der Waals surface area contributed by atoms with Gasteiger partial charge in [0.25, 0.3) is 0 Å². The molecule has 3 aromatic rings. The van der Waals surface area contributed by atoms with E-state index in [-0.39, 0.29) is 11.2 Å². The van der Waals surface area contributed by atoms with Crippen molar-refractivity contribution in [1.29, 1.82) is 0 Å². The molecule has 20 heavy (non-hydrogen) atoms. The monoisotopic (exact) mass is 266 g/mol. The number of nitrogens with one attached hydrogen (secondary N) is 1. The quantitative estimate of drug-likeness (QED) is 0.692. The number of para-hydroxylation sites is 1. The SMILES string of the molecule is CC(C)(C)c1ccc(-c2nc3c(O)cccc3[nH]2)cc1. The van der Waals surface area contributed by atoms with Crippen LogP contribution in [-0.2, 0) is 5.41 Å². The first-order chi connectivity index (χ1) is 9.45. The molecule has 3 nitrogen and oxygen atoms in total. The minimum atomic E-state index is 0.144. The van der Waals surface area contributed by atoms with E-state index in [4.69, 9.17) is 0 Å². The summed E-state index contributed by atoms with van der Waals surface area (Å²) in [6, 6.07) is 13.8. The van der Waals surface area contributed by atoms with Gasteiger partial charge in [-0.05, 0) is 23.1 Å². The molecule has 0 aliphatic carbocycles. The Balaban J connectivity index is 2.05. The number of hydrogen-bond donors (Lipinski definition) is 2. The largest absolute Gasteiger partial charge is 0.506 e. The number of benzene rings is 2. The van der Waals surface area contributed by atoms with Crippen molar-refractivity contribution in [3.8, 4) is 17.1 Å². The van der Waals surface area contributed by atoms with E-state index in [1.165, 1.54) is 5.56 Å². The van der Waals surface area contributed by atoms with Crippen LogP contribution < -0.4 is 0 Å². The Labute approximate surface area is 118 Å². The molecular weight excluding hydrogens is 248 g/mol. The Morgan fingerprint density at radius 2 is 1.70 bits per heavy atom. The highest BCUT2D eigenvalue weighted by Gasteiger charge is 2.14. The van der Waals surface area contributed by atoms with Gasteiger partial charge in [0.05, 0.1) is 5.52 Å². The van der Waals surface area contributed by atoms with E-state index >= 15 is 0 Å². The van der Waals surface area contributed by atoms with E-state index in [0.717, 1.165) is 16.9 Å². The van der Waals surface area contributed by atoms with Crippen LogP contribution in [0.1, 0.15) is 26.3 Å². The highest BCUT2D eigenvalue weighted by molar-refractivity contribution is 5.84. The summed E-state index contributed by atoms with van der Waals surface area (Å²) >= 11 is 0. The number of imidazole rings is 1. The molecule has 0 atom stereocenters. The number of aromatic hydroxyl groups is 1. The van der Waals surface area contributed by atoms with Crippen LogP contribution in [0.4, 0.5) is 0 Å². The van der Waals surface area contributed by atoms with Crippen LogP contribution in [0.25, 0.3) is 22.4 Å². The fraction of sp³-hybridized carbons (Fsp3) is 0.235. The normalized spacial score (nSPS) is 11.9. The van der Waals surface area contributed by atoms with Gasteiger partial charge < -0.3 is 10.1 Å². The highest BCUT2D eigenvalue weighted by atomic mass is 16.3. The van der Waals surface area contributed by atoms with Gasteiger partial charge in [0.2, 0.25) is 0 Å². The fourth-order valence-electron chi connectivity index (χ4n) is 2.28. The van der Waals surface area contributed by atoms with E-state index in [1.54, 1.807) is 6.07 Å². The summed E-state index contributed by atoms with van der Waals surface area (Å²) in [6.45, 7) is 6.59. The highest BCUT2D eigenvalue weighted by Crippen LogP contribution is 2.28. The number of fused-ring (bicyclic) bond motifs is 1. The Bertz CT molecular complexity index is 749. The average molecular weight is 266 g/mol. The summed E-state index contributed by atoms with van der Waals surface area (Å²) < 4.78 is 0. The van der Waals surface area contributed by atoms with Crippen LogP contribution in [0, 0.1) is 0 Å². The molecule has 0 radical (unpaired) electrons. The second kappa shape index (κ2) is 4.37. The Kier molecular flexibility index (Phi) is 2.78. The van der Waals surface area contributed by atoms with Crippen molar-refractivity contribution in [2.45, 2.75) is 26.2 Å². The van der Waals surface area contributed by atoms with Gasteiger partial charge in [-0.3, -0.25) is 0 Å². The Morgan fingerprint density at radius 1 is 1.00 bits per heavy atom. The number of aromatic amines is 1. The molecule has 1 heterocycles. The maximum atomic E-state index is 9.80. The predicted octanol–water partition coefficient (Wildman–Crippen LogP) is 4.23. The number of aromatic nitrogens is 2. The molecule has 1 aromatic heterocycles. The summed E-state index contributed by atoms with van der Waals surface area (Å²) in [5.74, 6) is 0.985. The van der Waals surface area contributed by atoms with Gasteiger partial charge in [-0.15, -0.1) is 0 Å². The van der Waals surface area contributed by atoms with Crippen LogP contribution in [-0.4, -0.2) is 15.1 Å². The molecule has 2 N–H and O–H groups in total. The van der Waals surface area contributed by atoms with Crippen LogP contribution in [0.5, 0.6) is 5.75 Å². The summed E-state index contributed by atoms with van der Waals surface area (Å²) in [5, 5.41) is 9.80. The topological polar surface area (TPSA) is 48.9 Å². The van der Waals surface area contributed by atoms with Gasteiger partial charge in [-0.1, -0.05) is 51.1 Å². The smallest absolute Gasteiger partial charge is 0.143 e. The molecule has 0 aliphatic heterocycles. The first kappa shape index (κ1) is 12.7. The van der Waals surface area contributed by atoms with Crippen molar-refractivity contribution in [3.05, 3.63) is 48.0 Å². The van der Waals surface area contributed by atoms with E-state index < -0.39 is 0 Å². The third-order valence-electron chi connectivity index (χ3n) is 3.52. The molecule has 3 heteroatoms. The van der Waals surface area contributed by atoms with Gasteiger partial charge in [0, 0.05) is 5.56 Å². The number of phenolic OH excluding ortho intramolecular Hbond substituents is 1. The van der Waals surface area contributed by atoms with E-state index in [0.29, 0.717) is 5.52 Å². The number of phenols is 1. The molecule has 0 saturated heterocycles. The van der Waals surface area contributed by atoms with Gasteiger partial charge in [-0.25, -0.2) is 4.98 Å². The molecule has 3 rings (SSSR count). The van der Waals surface area contributed by atoms with Gasteiger partial charge >= 0.3 is 0 Å². The first-order valence-corrected chi connectivity index (χ1v) is 6.74. The van der Waals surface area contributed by atoms with Gasteiger partial charge in [0.15, 0.2) is 0 Å². The first-order valence-electron chi connectivity index (χ1n) is 6.74. The summed E-state index contributed by atoms with van der Waals surface area (Å²) in [7, 11) is 0. The molecule has 0 bridgehead atoms. The lowest BCUT2D eigenvalue weighted by Crippen LogP contribution is -2.10. The molecule has 0 amide bonds. The van der Waals surface area contributed by atoms with Crippen LogP contribution in [0.15, 0.2) is 42.5 Å². The van der Waals surface area contributed by atoms with Crippen LogP contribution in [0.3, 0.4) is 0 Å². The zero-order valence-electron chi connectivity index (χ0n) is 11.9. The number of hydrogen-bond acceptors (Lipinski definition) is 2. The zero-order chi connectivity index (χ0) is 14.3. The van der Waals surface area contributed by atoms with Crippen molar-refractivity contribution >= 4 is 11.0 Å². The molecule has 0 aliphatic rings. The predicted molar refractivity (Wildman–Crippen MR) is 81.9 cm³/mol. The van der Waals surface area contributed by atoms with Crippen LogP contribution >= 0.6 is 0 Å². The maximum Gasteiger partial charge on any atom is 0.143 e. The summed E-state index contributed by atoms with van der Waals surface area (Å²) in [5.41, 5.74) is 3.92. The summed E-state index contributed by atoms with van der Waals surface area (Å²) in [6.07, 6.45) is 0. The molecule has 0 unspecified atom stereocenters. The minimum Gasteiger partial charge on any atom is -0.506 e. The minimum absolute atomic E-state index is 0.144. The molecule has 0 saturated carbocycles. The summed E-state index contributed by atoms with van der Waals surface area (Å²) in [4.78, 5) is 7.71. The number of H-pyrrole nitrogens is 1. The zero-order valence-corrected chi connectivity index (χ0v) is 11.9. The standard InChI is InChI=1S/C17H18N2O/c1-17(2,3)12-9-7-11(8-10-12)16-18-13-5-4-6-14(20)15(13)19-16/h4-10,20H,1-3H3,(H,18,19). The average Bonchev–Trinajstić information content (AvgIpc) is 2.83. The molecule has 0 spiro atoms. The number of rotatable bonds is 1. The van der Waals surface area contributed by atoms with Crippen molar-refractivity contribution in [2.75, 3.05) is 0 Å². The van der Waals surface area contributed by atoms with E-state index in [9.17, 15) is 5.11 Å². The second-order valence-electron chi connectivity index (χ2n) is 6.09. The third kappa shape index (κ3) is 2.16. The lowest BCUT2D eigenvalue weighted by Gasteiger charge is -2.18. The fourth-order valence-corrected chi connectivity index (χ4v) is 2.28. The molecular formula is C17H18N2O. The molecule has 2 aromatic carbocycles. The van der Waals surface area contributed by atoms with Crippen molar-refractivity contribution in [1.82, 2.24) is 9.97 Å². The third-order valence-corrected chi connectivity index (χ3v) is 3.52.